The standard InChI is InChI=1S/C27H39N3O2/c1-18-8-11-27(17-32-3)19(14-18)4-5-20-21-6-7-23(26(21,2)10-9-22(20)27)24(31)16-30-13-12-29-25(30)15-28/h12-13,18-23H,4-11,14,16-17H2,1-3H3/t18-,19-,20-,21-,22-,23+,26-,27+/m0/s1. The van der Waals surface area contributed by atoms with E-state index in [0.717, 1.165) is 43.1 Å². The van der Waals surface area contributed by atoms with E-state index in [1.165, 1.54) is 44.9 Å². The molecule has 5 nitrogen and oxygen atoms in total. The highest BCUT2D eigenvalue weighted by Crippen LogP contribution is 2.68. The summed E-state index contributed by atoms with van der Waals surface area (Å²) in [7, 11) is 1.90. The highest BCUT2D eigenvalue weighted by atomic mass is 16.5. The average molecular weight is 438 g/mol. The number of hydrogen-bond acceptors (Lipinski definition) is 4. The van der Waals surface area contributed by atoms with Gasteiger partial charge in [0.2, 0.25) is 5.82 Å². The van der Waals surface area contributed by atoms with Gasteiger partial charge in [-0.15, -0.1) is 0 Å². The fraction of sp³-hybridized carbons (Fsp3) is 0.815. The summed E-state index contributed by atoms with van der Waals surface area (Å²) in [5, 5.41) is 9.28. The van der Waals surface area contributed by atoms with Gasteiger partial charge < -0.3 is 9.30 Å². The zero-order valence-corrected chi connectivity index (χ0v) is 20.1. The highest BCUT2D eigenvalue weighted by Gasteiger charge is 2.62. The van der Waals surface area contributed by atoms with Gasteiger partial charge in [-0.25, -0.2) is 4.98 Å². The van der Waals surface area contributed by atoms with Crippen LogP contribution in [-0.2, 0) is 16.1 Å². The van der Waals surface area contributed by atoms with Crippen LogP contribution in [0.3, 0.4) is 0 Å². The maximum absolute atomic E-state index is 13.5. The molecule has 5 heteroatoms. The van der Waals surface area contributed by atoms with Crippen LogP contribution in [0.5, 0.6) is 0 Å². The van der Waals surface area contributed by atoms with Crippen LogP contribution in [0.1, 0.15) is 77.5 Å². The summed E-state index contributed by atoms with van der Waals surface area (Å²) in [6, 6.07) is 2.11. The van der Waals surface area contributed by atoms with Crippen LogP contribution in [0.25, 0.3) is 0 Å². The summed E-state index contributed by atoms with van der Waals surface area (Å²) in [6.07, 6.45) is 14.7. The van der Waals surface area contributed by atoms with Crippen molar-refractivity contribution in [3.05, 3.63) is 18.2 Å². The third-order valence-electron chi connectivity index (χ3n) is 10.6. The number of aromatic nitrogens is 2. The molecule has 4 fully saturated rings. The van der Waals surface area contributed by atoms with Crippen molar-refractivity contribution in [2.24, 2.45) is 46.3 Å². The number of ketones is 1. The molecule has 0 N–H and O–H groups in total. The van der Waals surface area contributed by atoms with Gasteiger partial charge in [0.15, 0.2) is 5.78 Å². The van der Waals surface area contributed by atoms with E-state index < -0.39 is 0 Å². The van der Waals surface area contributed by atoms with Gasteiger partial charge in [-0.3, -0.25) is 4.79 Å². The predicted octanol–water partition coefficient (Wildman–Crippen LogP) is 5.25. The zero-order valence-electron chi connectivity index (χ0n) is 20.1. The van der Waals surface area contributed by atoms with Crippen LogP contribution in [0.15, 0.2) is 12.4 Å². The van der Waals surface area contributed by atoms with Gasteiger partial charge >= 0.3 is 0 Å². The molecule has 32 heavy (non-hydrogen) atoms. The SMILES string of the molecule is COC[C@]12CC[C@H](C)C[C@@H]1CC[C@H]1[C@@H]3CC[C@H](C(=O)Cn4ccnc4C#N)[C@@]3(C)CC[C@@H]12. The number of Topliss-reactive ketones (excluding diaryl/α,β-unsaturated/α-hetero) is 1. The Balaban J connectivity index is 1.37. The molecule has 1 aromatic heterocycles. The van der Waals surface area contributed by atoms with Crippen molar-refractivity contribution in [2.45, 2.75) is 78.2 Å². The van der Waals surface area contributed by atoms with E-state index in [1.807, 2.05) is 7.11 Å². The fourth-order valence-electron chi connectivity index (χ4n) is 9.17. The van der Waals surface area contributed by atoms with Crippen LogP contribution < -0.4 is 0 Å². The second-order valence-electron chi connectivity index (χ2n) is 11.8. The molecule has 0 aromatic carbocycles. The lowest BCUT2D eigenvalue weighted by atomic mass is 9.44. The van der Waals surface area contributed by atoms with E-state index in [0.29, 0.717) is 22.9 Å². The minimum absolute atomic E-state index is 0.106. The summed E-state index contributed by atoms with van der Waals surface area (Å²) >= 11 is 0. The first-order chi connectivity index (χ1) is 15.4. The summed E-state index contributed by atoms with van der Waals surface area (Å²) in [4.78, 5) is 17.5. The Morgan fingerprint density at radius 1 is 1.22 bits per heavy atom. The molecule has 0 saturated heterocycles. The molecule has 0 unspecified atom stereocenters. The monoisotopic (exact) mass is 437 g/mol. The number of imidazole rings is 1. The number of carbonyl (C=O) groups is 1. The second kappa shape index (κ2) is 8.28. The lowest BCUT2D eigenvalue weighted by Crippen LogP contribution is -2.56. The molecule has 0 spiro atoms. The zero-order chi connectivity index (χ0) is 22.5. The second-order valence-corrected chi connectivity index (χ2v) is 11.8. The quantitative estimate of drug-likeness (QED) is 0.631. The molecular formula is C27H39N3O2. The first kappa shape index (κ1) is 22.1. The summed E-state index contributed by atoms with van der Waals surface area (Å²) in [5.74, 6) is 4.59. The number of nitrogens with zero attached hydrogens (tertiary/aromatic N) is 3. The van der Waals surface area contributed by atoms with Crippen molar-refractivity contribution in [1.29, 1.82) is 5.26 Å². The van der Waals surface area contributed by atoms with E-state index in [2.05, 4.69) is 24.9 Å². The Morgan fingerprint density at radius 2 is 2.06 bits per heavy atom. The minimum Gasteiger partial charge on any atom is -0.384 e. The minimum atomic E-state index is 0.106. The molecule has 0 bridgehead atoms. The van der Waals surface area contributed by atoms with Crippen molar-refractivity contribution >= 4 is 5.78 Å². The van der Waals surface area contributed by atoms with Crippen molar-refractivity contribution in [2.75, 3.05) is 13.7 Å². The van der Waals surface area contributed by atoms with Crippen molar-refractivity contribution in [3.63, 3.8) is 0 Å². The van der Waals surface area contributed by atoms with E-state index in [4.69, 9.17) is 4.74 Å². The van der Waals surface area contributed by atoms with Gasteiger partial charge in [-0.05, 0) is 91.8 Å². The van der Waals surface area contributed by atoms with Crippen LogP contribution >= 0.6 is 0 Å². The van der Waals surface area contributed by atoms with Crippen molar-refractivity contribution in [1.82, 2.24) is 9.55 Å². The van der Waals surface area contributed by atoms with Crippen LogP contribution in [0.2, 0.25) is 0 Å². The topological polar surface area (TPSA) is 67.9 Å². The van der Waals surface area contributed by atoms with Crippen LogP contribution in [0, 0.1) is 57.7 Å². The number of carbonyl (C=O) groups excluding carboxylic acids is 1. The number of fused-ring (bicyclic) bond motifs is 5. The first-order valence-electron chi connectivity index (χ1n) is 12.9. The molecule has 1 aromatic rings. The average Bonchev–Trinajstić information content (AvgIpc) is 3.37. The number of hydrogen-bond donors (Lipinski definition) is 0. The Hall–Kier alpha value is -1.67. The Bertz CT molecular complexity index is 903. The summed E-state index contributed by atoms with van der Waals surface area (Å²) < 4.78 is 7.64. The molecule has 1 heterocycles. The van der Waals surface area contributed by atoms with E-state index in [9.17, 15) is 10.1 Å². The Morgan fingerprint density at radius 3 is 2.84 bits per heavy atom. The summed E-state index contributed by atoms with van der Waals surface area (Å²) in [6.45, 7) is 6.07. The molecule has 4 saturated carbocycles. The molecule has 0 amide bonds. The molecular weight excluding hydrogens is 398 g/mol. The van der Waals surface area contributed by atoms with Crippen LogP contribution in [0.4, 0.5) is 0 Å². The van der Waals surface area contributed by atoms with E-state index >= 15 is 0 Å². The fourth-order valence-corrected chi connectivity index (χ4v) is 9.17. The molecule has 4 aliphatic carbocycles. The maximum Gasteiger partial charge on any atom is 0.213 e. The normalized spacial score (nSPS) is 43.1. The first-order valence-corrected chi connectivity index (χ1v) is 12.9. The molecule has 4 aliphatic rings. The van der Waals surface area contributed by atoms with Crippen molar-refractivity contribution < 1.29 is 9.53 Å². The van der Waals surface area contributed by atoms with E-state index in [1.54, 1.807) is 17.0 Å². The Labute approximate surface area is 192 Å². The van der Waals surface area contributed by atoms with Gasteiger partial charge in [0, 0.05) is 25.4 Å². The lowest BCUT2D eigenvalue weighted by Gasteiger charge is -2.61. The predicted molar refractivity (Wildman–Crippen MR) is 123 cm³/mol. The third kappa shape index (κ3) is 3.28. The van der Waals surface area contributed by atoms with Gasteiger partial charge in [0.25, 0.3) is 0 Å². The number of methoxy groups -OCH3 is 1. The number of ether oxygens (including phenoxy) is 1. The Kier molecular flexibility index (Phi) is 5.73. The van der Waals surface area contributed by atoms with E-state index in [-0.39, 0.29) is 17.9 Å². The largest absolute Gasteiger partial charge is 0.384 e. The maximum atomic E-state index is 13.5. The number of nitriles is 1. The van der Waals surface area contributed by atoms with Crippen molar-refractivity contribution in [3.8, 4) is 6.07 Å². The lowest BCUT2D eigenvalue weighted by molar-refractivity contribution is -0.154. The van der Waals surface area contributed by atoms with Gasteiger partial charge in [0.05, 0.1) is 13.2 Å². The number of rotatable bonds is 5. The molecule has 0 aliphatic heterocycles. The highest BCUT2D eigenvalue weighted by molar-refractivity contribution is 5.82. The van der Waals surface area contributed by atoms with Gasteiger partial charge in [-0.2, -0.15) is 5.26 Å². The van der Waals surface area contributed by atoms with Gasteiger partial charge in [0.1, 0.15) is 6.07 Å². The summed E-state index contributed by atoms with van der Waals surface area (Å²) in [5.41, 5.74) is 0.473. The molecule has 8 atom stereocenters. The van der Waals surface area contributed by atoms with Crippen LogP contribution in [-0.4, -0.2) is 29.1 Å². The molecule has 0 radical (unpaired) electrons. The smallest absolute Gasteiger partial charge is 0.213 e. The van der Waals surface area contributed by atoms with Gasteiger partial charge in [-0.1, -0.05) is 20.3 Å². The third-order valence-corrected chi connectivity index (χ3v) is 10.6. The molecule has 174 valence electrons. The molecule has 5 rings (SSSR count).